The number of carbonyl (C=O) groups is 2. The first-order valence-electron chi connectivity index (χ1n) is 6.59. The molecule has 5 heteroatoms. The number of thiophene rings is 1. The van der Waals surface area contributed by atoms with Crippen molar-refractivity contribution < 1.29 is 9.59 Å². The van der Waals surface area contributed by atoms with Gasteiger partial charge in [0.1, 0.15) is 0 Å². The zero-order chi connectivity index (χ0) is 14.4. The molecule has 4 nitrogen and oxygen atoms in total. The van der Waals surface area contributed by atoms with Gasteiger partial charge >= 0.3 is 0 Å². The molecule has 1 aromatic heterocycles. The molecule has 0 fully saturated rings. The summed E-state index contributed by atoms with van der Waals surface area (Å²) < 4.78 is 0. The van der Waals surface area contributed by atoms with Crippen LogP contribution in [0, 0.1) is 0 Å². The molecule has 1 N–H and O–H groups in total. The van der Waals surface area contributed by atoms with Gasteiger partial charge in [-0.05, 0) is 24.5 Å². The Labute approximate surface area is 118 Å². The lowest BCUT2D eigenvalue weighted by atomic mass is 10.1. The summed E-state index contributed by atoms with van der Waals surface area (Å²) >= 11 is 1.54. The van der Waals surface area contributed by atoms with Gasteiger partial charge in [-0.15, -0.1) is 11.3 Å². The summed E-state index contributed by atoms with van der Waals surface area (Å²) in [4.78, 5) is 26.9. The summed E-state index contributed by atoms with van der Waals surface area (Å²) in [5, 5.41) is 2.67. The van der Waals surface area contributed by atoms with E-state index in [4.69, 9.17) is 0 Å². The van der Waals surface area contributed by atoms with E-state index >= 15 is 0 Å². The number of nitrogens with zero attached hydrogens (tertiary/aromatic N) is 1. The second kappa shape index (κ2) is 7.28. The molecule has 1 heterocycles. The molecule has 0 bridgehead atoms. The second-order valence-corrected chi connectivity index (χ2v) is 5.77. The van der Waals surface area contributed by atoms with Crippen molar-refractivity contribution in [3.8, 4) is 0 Å². The van der Waals surface area contributed by atoms with Crippen LogP contribution in [0.2, 0.25) is 0 Å². The summed E-state index contributed by atoms with van der Waals surface area (Å²) in [6.45, 7) is 4.28. The van der Waals surface area contributed by atoms with Crippen LogP contribution in [0.4, 0.5) is 0 Å². The van der Waals surface area contributed by atoms with Gasteiger partial charge in [0.25, 0.3) is 5.91 Å². The Bertz CT molecular complexity index is 452. The second-order valence-electron chi connectivity index (χ2n) is 4.63. The van der Waals surface area contributed by atoms with E-state index in [-0.39, 0.29) is 18.4 Å². The third kappa shape index (κ3) is 4.35. The average molecular weight is 282 g/mol. The molecule has 0 atom stereocenters. The van der Waals surface area contributed by atoms with Crippen molar-refractivity contribution in [1.29, 1.82) is 0 Å². The number of rotatable bonds is 6. The summed E-state index contributed by atoms with van der Waals surface area (Å²) in [6, 6.07) is 1.95. The molecular formula is C14H22N2O2S. The number of carbonyl (C=O) groups excluding carboxylic acids is 2. The van der Waals surface area contributed by atoms with Gasteiger partial charge in [-0.3, -0.25) is 9.59 Å². The molecule has 0 aliphatic carbocycles. The van der Waals surface area contributed by atoms with Crippen LogP contribution in [0.15, 0.2) is 6.07 Å². The third-order valence-electron chi connectivity index (χ3n) is 2.88. The SMILES string of the molecule is CCCc1sc(C(=O)NCC(=O)N(C)C)cc1CC. The normalized spacial score (nSPS) is 10.3. The van der Waals surface area contributed by atoms with E-state index in [2.05, 4.69) is 19.2 Å². The molecule has 0 saturated carbocycles. The van der Waals surface area contributed by atoms with Gasteiger partial charge in [-0.1, -0.05) is 20.3 Å². The van der Waals surface area contributed by atoms with E-state index in [1.807, 2.05) is 6.07 Å². The van der Waals surface area contributed by atoms with E-state index in [9.17, 15) is 9.59 Å². The van der Waals surface area contributed by atoms with Crippen molar-refractivity contribution in [2.24, 2.45) is 0 Å². The third-order valence-corrected chi connectivity index (χ3v) is 4.11. The topological polar surface area (TPSA) is 49.4 Å². The van der Waals surface area contributed by atoms with Crippen LogP contribution in [-0.4, -0.2) is 37.4 Å². The fourth-order valence-corrected chi connectivity index (χ4v) is 2.99. The predicted octanol–water partition coefficient (Wildman–Crippen LogP) is 2.08. The standard InChI is InChI=1S/C14H22N2O2S/c1-5-7-11-10(6-2)8-12(19-11)14(18)15-9-13(17)16(3)4/h8H,5-7,9H2,1-4H3,(H,15,18). The molecule has 2 amide bonds. The molecule has 0 aliphatic heterocycles. The number of nitrogens with one attached hydrogen (secondary N) is 1. The van der Waals surface area contributed by atoms with Crippen molar-refractivity contribution >= 4 is 23.2 Å². The molecule has 1 aromatic rings. The first kappa shape index (κ1) is 15.7. The van der Waals surface area contributed by atoms with E-state index in [1.54, 1.807) is 14.1 Å². The number of likely N-dealkylation sites (N-methyl/N-ethyl adjacent to an activating group) is 1. The number of hydrogen-bond donors (Lipinski definition) is 1. The highest BCUT2D eigenvalue weighted by molar-refractivity contribution is 7.14. The van der Waals surface area contributed by atoms with Crippen molar-refractivity contribution in [2.75, 3.05) is 20.6 Å². The zero-order valence-electron chi connectivity index (χ0n) is 12.1. The van der Waals surface area contributed by atoms with Crippen molar-refractivity contribution in [3.63, 3.8) is 0 Å². The van der Waals surface area contributed by atoms with Crippen LogP contribution < -0.4 is 5.32 Å². The smallest absolute Gasteiger partial charge is 0.261 e. The van der Waals surface area contributed by atoms with E-state index < -0.39 is 0 Å². The highest BCUT2D eigenvalue weighted by atomic mass is 32.1. The predicted molar refractivity (Wildman–Crippen MR) is 78.7 cm³/mol. The van der Waals surface area contributed by atoms with Crippen LogP contribution in [0.25, 0.3) is 0 Å². The maximum Gasteiger partial charge on any atom is 0.261 e. The van der Waals surface area contributed by atoms with Gasteiger partial charge in [0.2, 0.25) is 5.91 Å². The van der Waals surface area contributed by atoms with E-state index in [0.29, 0.717) is 4.88 Å². The quantitative estimate of drug-likeness (QED) is 0.868. The first-order chi connectivity index (χ1) is 8.99. The van der Waals surface area contributed by atoms with Gasteiger partial charge in [-0.25, -0.2) is 0 Å². The molecule has 19 heavy (non-hydrogen) atoms. The summed E-state index contributed by atoms with van der Waals surface area (Å²) in [5.74, 6) is -0.258. The fourth-order valence-electron chi connectivity index (χ4n) is 1.72. The highest BCUT2D eigenvalue weighted by Gasteiger charge is 2.14. The Morgan fingerprint density at radius 2 is 2.00 bits per heavy atom. The lowest BCUT2D eigenvalue weighted by Gasteiger charge is -2.10. The van der Waals surface area contributed by atoms with Gasteiger partial charge in [0, 0.05) is 19.0 Å². The Morgan fingerprint density at radius 1 is 1.32 bits per heavy atom. The monoisotopic (exact) mass is 282 g/mol. The minimum absolute atomic E-state index is 0.0499. The molecular weight excluding hydrogens is 260 g/mol. The lowest BCUT2D eigenvalue weighted by molar-refractivity contribution is -0.127. The average Bonchev–Trinajstić information content (AvgIpc) is 2.79. The fraction of sp³-hybridized carbons (Fsp3) is 0.571. The van der Waals surface area contributed by atoms with Crippen LogP contribution in [0.5, 0.6) is 0 Å². The summed E-state index contributed by atoms with van der Waals surface area (Å²) in [6.07, 6.45) is 3.03. The Morgan fingerprint density at radius 3 is 2.53 bits per heavy atom. The molecule has 0 aliphatic rings. The van der Waals surface area contributed by atoms with Gasteiger partial charge < -0.3 is 10.2 Å². The lowest BCUT2D eigenvalue weighted by Crippen LogP contribution is -2.35. The van der Waals surface area contributed by atoms with Crippen molar-refractivity contribution in [2.45, 2.75) is 33.1 Å². The minimum atomic E-state index is -0.155. The maximum absolute atomic E-state index is 12.0. The maximum atomic E-state index is 12.0. The first-order valence-corrected chi connectivity index (χ1v) is 7.41. The largest absolute Gasteiger partial charge is 0.347 e. The minimum Gasteiger partial charge on any atom is -0.347 e. The highest BCUT2D eigenvalue weighted by Crippen LogP contribution is 2.24. The van der Waals surface area contributed by atoms with Gasteiger partial charge in [0.15, 0.2) is 0 Å². The van der Waals surface area contributed by atoms with Crippen LogP contribution in [-0.2, 0) is 17.6 Å². The zero-order valence-corrected chi connectivity index (χ0v) is 12.9. The van der Waals surface area contributed by atoms with Crippen LogP contribution in [0.1, 0.15) is 40.4 Å². The van der Waals surface area contributed by atoms with Crippen molar-refractivity contribution in [1.82, 2.24) is 10.2 Å². The summed E-state index contributed by atoms with van der Waals surface area (Å²) in [7, 11) is 3.35. The van der Waals surface area contributed by atoms with Crippen LogP contribution >= 0.6 is 11.3 Å². The van der Waals surface area contributed by atoms with Gasteiger partial charge in [0.05, 0.1) is 11.4 Å². The number of amides is 2. The molecule has 0 unspecified atom stereocenters. The molecule has 0 saturated heterocycles. The molecule has 0 aromatic carbocycles. The number of hydrogen-bond acceptors (Lipinski definition) is 3. The molecule has 0 radical (unpaired) electrons. The molecule has 1 rings (SSSR count). The van der Waals surface area contributed by atoms with Crippen LogP contribution in [0.3, 0.4) is 0 Å². The summed E-state index contributed by atoms with van der Waals surface area (Å²) in [5.41, 5.74) is 1.25. The van der Waals surface area contributed by atoms with E-state index in [0.717, 1.165) is 19.3 Å². The molecule has 106 valence electrons. The Kier molecular flexibility index (Phi) is 6.02. The van der Waals surface area contributed by atoms with E-state index in [1.165, 1.54) is 26.7 Å². The number of aryl methyl sites for hydroxylation is 2. The van der Waals surface area contributed by atoms with Crippen molar-refractivity contribution in [3.05, 3.63) is 21.4 Å². The Hall–Kier alpha value is -1.36. The molecule has 0 spiro atoms. The Balaban J connectivity index is 2.69. The van der Waals surface area contributed by atoms with Gasteiger partial charge in [-0.2, -0.15) is 0 Å².